The second kappa shape index (κ2) is 4.40. The smallest absolute Gasteiger partial charge is 0.0422 e. The van der Waals surface area contributed by atoms with Gasteiger partial charge < -0.3 is 11.5 Å². The highest BCUT2D eigenvalue weighted by atomic mass is 14.7. The summed E-state index contributed by atoms with van der Waals surface area (Å²) in [6.07, 6.45) is 0. The van der Waals surface area contributed by atoms with Crippen molar-refractivity contribution in [2.45, 2.75) is 25.8 Å². The quantitative estimate of drug-likeness (QED) is 0.741. The van der Waals surface area contributed by atoms with E-state index in [1.54, 1.807) is 0 Å². The van der Waals surface area contributed by atoms with Crippen LogP contribution in [0.3, 0.4) is 0 Å². The molecule has 0 aliphatic rings. The van der Waals surface area contributed by atoms with Crippen LogP contribution >= 0.6 is 0 Å². The van der Waals surface area contributed by atoms with Gasteiger partial charge in [0, 0.05) is 12.6 Å². The second-order valence-corrected chi connectivity index (χ2v) is 3.63. The molecule has 0 aliphatic carbocycles. The Labute approximate surface area is 79.9 Å². The minimum absolute atomic E-state index is 0.0291. The SMILES string of the molecule is CC(C)c1ccccc1C(N)CN. The lowest BCUT2D eigenvalue weighted by Crippen LogP contribution is -2.22. The first kappa shape index (κ1) is 10.2. The first-order valence-electron chi connectivity index (χ1n) is 4.71. The first-order valence-corrected chi connectivity index (χ1v) is 4.71. The lowest BCUT2D eigenvalue weighted by molar-refractivity contribution is 0.710. The van der Waals surface area contributed by atoms with Crippen molar-refractivity contribution < 1.29 is 0 Å². The van der Waals surface area contributed by atoms with Crippen molar-refractivity contribution in [1.29, 1.82) is 0 Å². The lowest BCUT2D eigenvalue weighted by Gasteiger charge is -2.16. The van der Waals surface area contributed by atoms with E-state index in [9.17, 15) is 0 Å². The van der Waals surface area contributed by atoms with Gasteiger partial charge in [0.15, 0.2) is 0 Å². The van der Waals surface area contributed by atoms with E-state index in [4.69, 9.17) is 11.5 Å². The summed E-state index contributed by atoms with van der Waals surface area (Å²) in [7, 11) is 0. The van der Waals surface area contributed by atoms with Gasteiger partial charge in [0.25, 0.3) is 0 Å². The molecule has 0 radical (unpaired) electrons. The van der Waals surface area contributed by atoms with Crippen LogP contribution in [0.25, 0.3) is 0 Å². The molecule has 0 saturated carbocycles. The highest BCUT2D eigenvalue weighted by Gasteiger charge is 2.10. The molecule has 1 aromatic carbocycles. The van der Waals surface area contributed by atoms with Gasteiger partial charge in [-0.1, -0.05) is 38.1 Å². The maximum Gasteiger partial charge on any atom is 0.0422 e. The summed E-state index contributed by atoms with van der Waals surface area (Å²) >= 11 is 0. The highest BCUT2D eigenvalue weighted by Crippen LogP contribution is 2.22. The number of nitrogens with two attached hydrogens (primary N) is 2. The van der Waals surface area contributed by atoms with Crippen molar-refractivity contribution in [1.82, 2.24) is 0 Å². The van der Waals surface area contributed by atoms with Gasteiger partial charge in [0.2, 0.25) is 0 Å². The normalized spacial score (nSPS) is 13.3. The minimum atomic E-state index is -0.0291. The van der Waals surface area contributed by atoms with Crippen LogP contribution in [0.4, 0.5) is 0 Å². The molecule has 4 N–H and O–H groups in total. The van der Waals surface area contributed by atoms with E-state index in [0.717, 1.165) is 0 Å². The van der Waals surface area contributed by atoms with E-state index in [-0.39, 0.29) is 6.04 Å². The van der Waals surface area contributed by atoms with E-state index in [2.05, 4.69) is 26.0 Å². The predicted octanol–water partition coefficient (Wildman–Crippen LogP) is 1.77. The summed E-state index contributed by atoms with van der Waals surface area (Å²) in [6, 6.07) is 8.21. The van der Waals surface area contributed by atoms with Crippen molar-refractivity contribution in [2.75, 3.05) is 6.54 Å². The third-order valence-electron chi connectivity index (χ3n) is 2.27. The molecule has 1 atom stereocenters. The maximum atomic E-state index is 5.91. The average Bonchev–Trinajstić information content (AvgIpc) is 2.16. The van der Waals surface area contributed by atoms with Gasteiger partial charge in [-0.05, 0) is 17.0 Å². The zero-order chi connectivity index (χ0) is 9.84. The number of hydrogen-bond acceptors (Lipinski definition) is 2. The molecule has 0 amide bonds. The summed E-state index contributed by atoms with van der Waals surface area (Å²) < 4.78 is 0. The van der Waals surface area contributed by atoms with E-state index < -0.39 is 0 Å². The molecule has 0 aromatic heterocycles. The molecule has 2 heteroatoms. The molecule has 72 valence electrons. The third-order valence-corrected chi connectivity index (χ3v) is 2.27. The molecule has 1 aromatic rings. The molecule has 0 aliphatic heterocycles. The molecule has 2 nitrogen and oxygen atoms in total. The van der Waals surface area contributed by atoms with Crippen LogP contribution in [0.1, 0.15) is 36.9 Å². The van der Waals surface area contributed by atoms with Crippen LogP contribution in [0.15, 0.2) is 24.3 Å². The largest absolute Gasteiger partial charge is 0.329 e. The van der Waals surface area contributed by atoms with Crippen molar-refractivity contribution in [2.24, 2.45) is 11.5 Å². The summed E-state index contributed by atoms with van der Waals surface area (Å²) in [5.74, 6) is 0.508. The predicted molar refractivity (Wildman–Crippen MR) is 56.5 cm³/mol. The lowest BCUT2D eigenvalue weighted by atomic mass is 9.93. The minimum Gasteiger partial charge on any atom is -0.329 e. The van der Waals surface area contributed by atoms with E-state index in [1.165, 1.54) is 11.1 Å². The topological polar surface area (TPSA) is 52.0 Å². The van der Waals surface area contributed by atoms with Crippen molar-refractivity contribution in [3.63, 3.8) is 0 Å². The molecule has 0 fully saturated rings. The molecule has 1 rings (SSSR count). The van der Waals surface area contributed by atoms with Crippen LogP contribution in [-0.4, -0.2) is 6.54 Å². The zero-order valence-corrected chi connectivity index (χ0v) is 8.33. The van der Waals surface area contributed by atoms with Gasteiger partial charge in [-0.3, -0.25) is 0 Å². The van der Waals surface area contributed by atoms with Crippen molar-refractivity contribution >= 4 is 0 Å². The van der Waals surface area contributed by atoms with Crippen LogP contribution in [0.2, 0.25) is 0 Å². The highest BCUT2D eigenvalue weighted by molar-refractivity contribution is 5.32. The fraction of sp³-hybridized carbons (Fsp3) is 0.455. The Kier molecular flexibility index (Phi) is 3.46. The fourth-order valence-electron chi connectivity index (χ4n) is 1.50. The molecule has 0 spiro atoms. The van der Waals surface area contributed by atoms with Gasteiger partial charge in [-0.15, -0.1) is 0 Å². The molecular weight excluding hydrogens is 160 g/mol. The van der Waals surface area contributed by atoms with Gasteiger partial charge in [0.1, 0.15) is 0 Å². The van der Waals surface area contributed by atoms with E-state index >= 15 is 0 Å². The Bertz CT molecular complexity index is 269. The van der Waals surface area contributed by atoms with E-state index in [1.807, 2.05) is 12.1 Å². The van der Waals surface area contributed by atoms with Crippen LogP contribution in [-0.2, 0) is 0 Å². The summed E-state index contributed by atoms with van der Waals surface area (Å²) in [6.45, 7) is 4.84. The number of rotatable bonds is 3. The van der Waals surface area contributed by atoms with Gasteiger partial charge in [-0.2, -0.15) is 0 Å². The Hall–Kier alpha value is -0.860. The molecule has 0 bridgehead atoms. The Morgan fingerprint density at radius 3 is 2.15 bits per heavy atom. The van der Waals surface area contributed by atoms with Gasteiger partial charge in [0.05, 0.1) is 0 Å². The second-order valence-electron chi connectivity index (χ2n) is 3.63. The van der Waals surface area contributed by atoms with Gasteiger partial charge in [-0.25, -0.2) is 0 Å². The average molecular weight is 178 g/mol. The summed E-state index contributed by atoms with van der Waals surface area (Å²) in [5, 5.41) is 0. The summed E-state index contributed by atoms with van der Waals surface area (Å²) in [4.78, 5) is 0. The first-order chi connectivity index (χ1) is 6.16. The molecule has 0 heterocycles. The number of benzene rings is 1. The van der Waals surface area contributed by atoms with Crippen molar-refractivity contribution in [3.8, 4) is 0 Å². The van der Waals surface area contributed by atoms with Gasteiger partial charge >= 0.3 is 0 Å². The molecular formula is C11H18N2. The summed E-state index contributed by atoms with van der Waals surface area (Å²) in [5.41, 5.74) is 13.9. The number of hydrogen-bond donors (Lipinski definition) is 2. The standard InChI is InChI=1S/C11H18N2/c1-8(2)9-5-3-4-6-10(9)11(13)7-12/h3-6,8,11H,7,12-13H2,1-2H3. The third kappa shape index (κ3) is 2.29. The van der Waals surface area contributed by atoms with Crippen LogP contribution < -0.4 is 11.5 Å². The fourth-order valence-corrected chi connectivity index (χ4v) is 1.50. The Morgan fingerprint density at radius 2 is 1.69 bits per heavy atom. The molecule has 0 saturated heterocycles. The Balaban J connectivity index is 3.04. The van der Waals surface area contributed by atoms with Crippen molar-refractivity contribution in [3.05, 3.63) is 35.4 Å². The van der Waals surface area contributed by atoms with Crippen LogP contribution in [0.5, 0.6) is 0 Å². The van der Waals surface area contributed by atoms with E-state index in [0.29, 0.717) is 12.5 Å². The zero-order valence-electron chi connectivity index (χ0n) is 8.33. The molecule has 1 unspecified atom stereocenters. The maximum absolute atomic E-state index is 5.91. The molecule has 13 heavy (non-hydrogen) atoms. The van der Waals surface area contributed by atoms with Crippen LogP contribution in [0, 0.1) is 0 Å². The Morgan fingerprint density at radius 1 is 1.15 bits per heavy atom. The monoisotopic (exact) mass is 178 g/mol.